The summed E-state index contributed by atoms with van der Waals surface area (Å²) in [4.78, 5) is 0. The lowest BCUT2D eigenvalue weighted by Gasteiger charge is -2.46. The van der Waals surface area contributed by atoms with E-state index in [1.807, 2.05) is 0 Å². The molecule has 2 aliphatic rings. The van der Waals surface area contributed by atoms with Crippen LogP contribution in [0.4, 0.5) is 0 Å². The summed E-state index contributed by atoms with van der Waals surface area (Å²) < 4.78 is 21.9. The first-order chi connectivity index (χ1) is 13.8. The summed E-state index contributed by atoms with van der Waals surface area (Å²) in [6.07, 6.45) is -11.3. The molecule has 0 amide bonds. The van der Waals surface area contributed by atoms with Gasteiger partial charge in [0.1, 0.15) is 48.8 Å². The van der Waals surface area contributed by atoms with Crippen LogP contribution in [0.5, 0.6) is 0 Å². The van der Waals surface area contributed by atoms with E-state index in [2.05, 4.69) is 0 Å². The number of ether oxygens (including phenoxy) is 4. The fourth-order valence-electron chi connectivity index (χ4n) is 3.36. The zero-order valence-corrected chi connectivity index (χ0v) is 16.2. The molecule has 0 bridgehead atoms. The standard InChI is InChI=1S/C17H34N2O10/c18-4-2-1-3-5-26-16-14(25)12(23)15(8(6-19)27-16)29-17-13(24)11(22)10(21)9(7-20)28-17/h8-17,20-25H,1-7,18-19H2. The van der Waals surface area contributed by atoms with Gasteiger partial charge in [0.05, 0.1) is 6.61 Å². The molecule has 2 saturated heterocycles. The molecule has 172 valence electrons. The molecule has 0 spiro atoms. The molecular formula is C17H34N2O10. The predicted octanol–water partition coefficient (Wildman–Crippen LogP) is -4.28. The number of aliphatic hydroxyl groups excluding tert-OH is 6. The van der Waals surface area contributed by atoms with Crippen molar-refractivity contribution in [1.82, 2.24) is 0 Å². The third kappa shape index (κ3) is 6.03. The molecule has 12 nitrogen and oxygen atoms in total. The van der Waals surface area contributed by atoms with Crippen LogP contribution in [0, 0.1) is 0 Å². The Morgan fingerprint density at radius 2 is 1.38 bits per heavy atom. The van der Waals surface area contributed by atoms with Crippen molar-refractivity contribution in [2.24, 2.45) is 11.5 Å². The van der Waals surface area contributed by atoms with E-state index in [1.54, 1.807) is 0 Å². The van der Waals surface area contributed by atoms with E-state index in [4.69, 9.17) is 30.4 Å². The van der Waals surface area contributed by atoms with E-state index in [-0.39, 0.29) is 6.54 Å². The Kier molecular flexibility index (Phi) is 10.1. The molecule has 0 aromatic carbocycles. The molecule has 12 heteroatoms. The number of aliphatic hydroxyl groups is 6. The smallest absolute Gasteiger partial charge is 0.187 e. The van der Waals surface area contributed by atoms with Crippen LogP contribution in [0.1, 0.15) is 19.3 Å². The molecule has 10 unspecified atom stereocenters. The van der Waals surface area contributed by atoms with E-state index >= 15 is 0 Å². The second-order valence-corrected chi connectivity index (χ2v) is 7.28. The van der Waals surface area contributed by atoms with Gasteiger partial charge in [-0.25, -0.2) is 0 Å². The van der Waals surface area contributed by atoms with Gasteiger partial charge in [-0.15, -0.1) is 0 Å². The molecule has 2 aliphatic heterocycles. The monoisotopic (exact) mass is 426 g/mol. The van der Waals surface area contributed by atoms with Gasteiger partial charge in [0.2, 0.25) is 0 Å². The Morgan fingerprint density at radius 3 is 2.00 bits per heavy atom. The average Bonchev–Trinajstić information content (AvgIpc) is 2.72. The maximum absolute atomic E-state index is 10.5. The fraction of sp³-hybridized carbons (Fsp3) is 1.00. The van der Waals surface area contributed by atoms with Crippen molar-refractivity contribution in [2.45, 2.75) is 80.7 Å². The molecule has 10 N–H and O–H groups in total. The van der Waals surface area contributed by atoms with E-state index in [1.165, 1.54) is 0 Å². The second kappa shape index (κ2) is 11.8. The van der Waals surface area contributed by atoms with Crippen LogP contribution in [0.3, 0.4) is 0 Å². The van der Waals surface area contributed by atoms with Crippen LogP contribution in [0.25, 0.3) is 0 Å². The largest absolute Gasteiger partial charge is 0.394 e. The summed E-state index contributed by atoms with van der Waals surface area (Å²) in [6, 6.07) is 0. The van der Waals surface area contributed by atoms with Crippen molar-refractivity contribution in [3.05, 3.63) is 0 Å². The van der Waals surface area contributed by atoms with Crippen molar-refractivity contribution in [2.75, 3.05) is 26.3 Å². The van der Waals surface area contributed by atoms with Crippen molar-refractivity contribution in [3.8, 4) is 0 Å². The Bertz CT molecular complexity index is 471. The van der Waals surface area contributed by atoms with E-state index in [0.717, 1.165) is 12.8 Å². The number of hydrogen-bond donors (Lipinski definition) is 8. The van der Waals surface area contributed by atoms with Gasteiger partial charge < -0.3 is 61.1 Å². The van der Waals surface area contributed by atoms with Gasteiger partial charge in [-0.1, -0.05) is 0 Å². The predicted molar refractivity (Wildman–Crippen MR) is 97.2 cm³/mol. The Balaban J connectivity index is 1.98. The highest BCUT2D eigenvalue weighted by atomic mass is 16.7. The lowest BCUT2D eigenvalue weighted by atomic mass is 9.97. The van der Waals surface area contributed by atoms with E-state index in [0.29, 0.717) is 19.6 Å². The van der Waals surface area contributed by atoms with Crippen LogP contribution in [-0.4, -0.2) is 118 Å². The van der Waals surface area contributed by atoms with Gasteiger partial charge in [-0.3, -0.25) is 0 Å². The Labute approximate surface area is 168 Å². The SMILES string of the molecule is NCCCCCOC1OC(CN)C(OC2OC(CO)C(O)C(O)C2O)C(O)C1O. The molecule has 10 atom stereocenters. The van der Waals surface area contributed by atoms with Gasteiger partial charge >= 0.3 is 0 Å². The normalized spacial score (nSPS) is 43.4. The molecular weight excluding hydrogens is 392 g/mol. The highest BCUT2D eigenvalue weighted by Gasteiger charge is 2.50. The molecule has 0 aromatic heterocycles. The average molecular weight is 426 g/mol. The lowest BCUT2D eigenvalue weighted by Crippen LogP contribution is -2.65. The number of unbranched alkanes of at least 4 members (excludes halogenated alkanes) is 2. The molecule has 0 aromatic rings. The third-order valence-electron chi connectivity index (χ3n) is 5.14. The molecule has 2 rings (SSSR count). The van der Waals surface area contributed by atoms with Crippen LogP contribution in [0.15, 0.2) is 0 Å². The highest BCUT2D eigenvalue weighted by Crippen LogP contribution is 2.29. The minimum absolute atomic E-state index is 0.0983. The van der Waals surface area contributed by atoms with Crippen molar-refractivity contribution in [1.29, 1.82) is 0 Å². The maximum atomic E-state index is 10.5. The Morgan fingerprint density at radius 1 is 0.724 bits per heavy atom. The summed E-state index contributed by atoms with van der Waals surface area (Å²) in [5.74, 6) is 0. The first-order valence-corrected chi connectivity index (χ1v) is 9.85. The molecule has 2 heterocycles. The van der Waals surface area contributed by atoms with Gasteiger partial charge in [0, 0.05) is 13.2 Å². The molecule has 0 radical (unpaired) electrons. The van der Waals surface area contributed by atoms with Crippen LogP contribution >= 0.6 is 0 Å². The first kappa shape index (κ1) is 24.8. The summed E-state index contributed by atoms with van der Waals surface area (Å²) in [5, 5.41) is 59.9. The quantitative estimate of drug-likeness (QED) is 0.156. The van der Waals surface area contributed by atoms with Crippen LogP contribution in [0.2, 0.25) is 0 Å². The molecule has 2 fully saturated rings. The zero-order chi connectivity index (χ0) is 21.6. The highest BCUT2D eigenvalue weighted by molar-refractivity contribution is 4.94. The number of rotatable bonds is 10. The van der Waals surface area contributed by atoms with E-state index in [9.17, 15) is 30.6 Å². The van der Waals surface area contributed by atoms with Gasteiger partial charge in [0.15, 0.2) is 12.6 Å². The summed E-state index contributed by atoms with van der Waals surface area (Å²) in [5.41, 5.74) is 11.1. The summed E-state index contributed by atoms with van der Waals surface area (Å²) >= 11 is 0. The van der Waals surface area contributed by atoms with Gasteiger partial charge in [0.25, 0.3) is 0 Å². The maximum Gasteiger partial charge on any atom is 0.187 e. The summed E-state index contributed by atoms with van der Waals surface area (Å²) in [6.45, 7) is 0.147. The van der Waals surface area contributed by atoms with Crippen molar-refractivity contribution >= 4 is 0 Å². The number of hydrogen-bond acceptors (Lipinski definition) is 12. The molecule has 0 aliphatic carbocycles. The topological polar surface area (TPSA) is 210 Å². The lowest BCUT2D eigenvalue weighted by molar-refractivity contribution is -0.356. The number of nitrogens with two attached hydrogens (primary N) is 2. The minimum Gasteiger partial charge on any atom is -0.394 e. The van der Waals surface area contributed by atoms with Crippen molar-refractivity contribution in [3.63, 3.8) is 0 Å². The second-order valence-electron chi connectivity index (χ2n) is 7.28. The van der Waals surface area contributed by atoms with Gasteiger partial charge in [-0.2, -0.15) is 0 Å². The van der Waals surface area contributed by atoms with Crippen molar-refractivity contribution < 1.29 is 49.6 Å². The first-order valence-electron chi connectivity index (χ1n) is 9.85. The zero-order valence-electron chi connectivity index (χ0n) is 16.2. The van der Waals surface area contributed by atoms with E-state index < -0.39 is 68.0 Å². The van der Waals surface area contributed by atoms with Gasteiger partial charge in [-0.05, 0) is 25.8 Å². The fourth-order valence-corrected chi connectivity index (χ4v) is 3.36. The molecule has 29 heavy (non-hydrogen) atoms. The molecule has 0 saturated carbocycles. The van der Waals surface area contributed by atoms with Crippen LogP contribution in [-0.2, 0) is 18.9 Å². The minimum atomic E-state index is -1.66. The Hall–Kier alpha value is -0.480. The summed E-state index contributed by atoms with van der Waals surface area (Å²) in [7, 11) is 0. The third-order valence-corrected chi connectivity index (χ3v) is 5.14. The van der Waals surface area contributed by atoms with Crippen LogP contribution < -0.4 is 11.5 Å².